The van der Waals surface area contributed by atoms with Gasteiger partial charge in [-0.2, -0.15) is 0 Å². The lowest BCUT2D eigenvalue weighted by molar-refractivity contribution is -0.149. The second-order valence-electron chi connectivity index (χ2n) is 5.86. The van der Waals surface area contributed by atoms with Crippen LogP contribution in [-0.4, -0.2) is 29.1 Å². The first kappa shape index (κ1) is 15.4. The number of hydrogen-bond acceptors (Lipinski definition) is 3. The quantitative estimate of drug-likeness (QED) is 0.777. The maximum absolute atomic E-state index is 12.1. The van der Waals surface area contributed by atoms with Crippen LogP contribution in [0.2, 0.25) is 0 Å². The predicted octanol–water partition coefficient (Wildman–Crippen LogP) is 2.25. The topological polar surface area (TPSA) is 78.4 Å². The molecule has 5 nitrogen and oxygen atoms in total. The van der Waals surface area contributed by atoms with Gasteiger partial charge < -0.3 is 15.7 Å². The van der Waals surface area contributed by atoms with Gasteiger partial charge in [0.1, 0.15) is 5.54 Å². The van der Waals surface area contributed by atoms with E-state index in [1.165, 1.54) is 0 Å². The van der Waals surface area contributed by atoms with E-state index in [1.807, 2.05) is 37.3 Å². The van der Waals surface area contributed by atoms with Gasteiger partial charge in [-0.3, -0.25) is 4.79 Å². The number of carbonyl (C=O) groups is 2. The molecule has 2 rings (SSSR count). The number of benzene rings is 1. The summed E-state index contributed by atoms with van der Waals surface area (Å²) in [6, 6.07) is 9.38. The summed E-state index contributed by atoms with van der Waals surface area (Å²) in [5.74, 6) is -0.894. The third-order valence-corrected chi connectivity index (χ3v) is 4.01. The van der Waals surface area contributed by atoms with Gasteiger partial charge in [-0.25, -0.2) is 4.79 Å². The van der Waals surface area contributed by atoms with Crippen LogP contribution in [0.4, 0.5) is 5.69 Å². The summed E-state index contributed by atoms with van der Waals surface area (Å²) in [5, 5.41) is 15.2. The third kappa shape index (κ3) is 3.97. The van der Waals surface area contributed by atoms with Gasteiger partial charge in [0.2, 0.25) is 5.91 Å². The van der Waals surface area contributed by atoms with Crippen LogP contribution < -0.4 is 10.6 Å². The fourth-order valence-corrected chi connectivity index (χ4v) is 2.96. The van der Waals surface area contributed by atoms with Gasteiger partial charge in [-0.15, -0.1) is 0 Å². The van der Waals surface area contributed by atoms with Crippen LogP contribution in [0, 0.1) is 5.92 Å². The van der Waals surface area contributed by atoms with Gasteiger partial charge in [0.25, 0.3) is 0 Å². The summed E-state index contributed by atoms with van der Waals surface area (Å²) in [5.41, 5.74) is -0.262. The second kappa shape index (κ2) is 6.61. The van der Waals surface area contributed by atoms with Gasteiger partial charge in [0.15, 0.2) is 0 Å². The van der Waals surface area contributed by atoms with Gasteiger partial charge in [-0.1, -0.05) is 38.0 Å². The van der Waals surface area contributed by atoms with Crippen molar-refractivity contribution < 1.29 is 14.7 Å². The molecule has 3 N–H and O–H groups in total. The van der Waals surface area contributed by atoms with E-state index in [2.05, 4.69) is 10.6 Å². The summed E-state index contributed by atoms with van der Waals surface area (Å²) in [4.78, 5) is 23.7. The standard InChI is InChI=1S/C16H22N2O3/c1-12-6-5-9-16(10-12,15(20)21)18-14(19)11-17-13-7-3-2-4-8-13/h2-4,7-8,12,17H,5-6,9-11H2,1H3,(H,18,19)(H,20,21). The minimum Gasteiger partial charge on any atom is -0.480 e. The molecule has 21 heavy (non-hydrogen) atoms. The number of hydrogen-bond donors (Lipinski definition) is 3. The SMILES string of the molecule is CC1CCCC(NC(=O)CNc2ccccc2)(C(=O)O)C1. The Labute approximate surface area is 124 Å². The van der Waals surface area contributed by atoms with E-state index in [9.17, 15) is 14.7 Å². The Morgan fingerprint density at radius 3 is 2.67 bits per heavy atom. The Morgan fingerprint density at radius 2 is 2.05 bits per heavy atom. The van der Waals surface area contributed by atoms with Gasteiger partial charge in [-0.05, 0) is 30.9 Å². The highest BCUT2D eigenvalue weighted by Crippen LogP contribution is 2.32. The molecule has 0 aromatic heterocycles. The Hall–Kier alpha value is -2.04. The Kier molecular flexibility index (Phi) is 4.83. The van der Waals surface area contributed by atoms with E-state index >= 15 is 0 Å². The lowest BCUT2D eigenvalue weighted by atomic mass is 9.76. The molecule has 2 atom stereocenters. The van der Waals surface area contributed by atoms with Crippen molar-refractivity contribution in [3.63, 3.8) is 0 Å². The van der Waals surface area contributed by atoms with Crippen molar-refractivity contribution in [2.45, 2.75) is 38.1 Å². The average molecular weight is 290 g/mol. The molecule has 114 valence electrons. The third-order valence-electron chi connectivity index (χ3n) is 4.01. The molecule has 1 saturated carbocycles. The molecule has 1 aromatic rings. The molecule has 1 aliphatic rings. The van der Waals surface area contributed by atoms with Gasteiger partial charge >= 0.3 is 5.97 Å². The van der Waals surface area contributed by atoms with Crippen LogP contribution >= 0.6 is 0 Å². The zero-order chi connectivity index (χ0) is 15.3. The molecule has 0 aliphatic heterocycles. The zero-order valence-electron chi connectivity index (χ0n) is 12.3. The minimum absolute atomic E-state index is 0.0768. The molecule has 0 saturated heterocycles. The summed E-state index contributed by atoms with van der Waals surface area (Å²) in [6.07, 6.45) is 2.86. The molecule has 1 fully saturated rings. The van der Waals surface area contributed by atoms with E-state index in [0.29, 0.717) is 18.8 Å². The summed E-state index contributed by atoms with van der Waals surface area (Å²) in [6.45, 7) is 2.11. The van der Waals surface area contributed by atoms with E-state index in [0.717, 1.165) is 18.5 Å². The van der Waals surface area contributed by atoms with Crippen molar-refractivity contribution in [3.8, 4) is 0 Å². The molecule has 2 unspecified atom stereocenters. The summed E-state index contributed by atoms with van der Waals surface area (Å²) in [7, 11) is 0. The number of rotatable bonds is 5. The van der Waals surface area contributed by atoms with E-state index < -0.39 is 11.5 Å². The number of amides is 1. The highest BCUT2D eigenvalue weighted by Gasteiger charge is 2.42. The van der Waals surface area contributed by atoms with Crippen LogP contribution in [0.5, 0.6) is 0 Å². The summed E-state index contributed by atoms with van der Waals surface area (Å²) < 4.78 is 0. The normalized spacial score (nSPS) is 25.1. The Balaban J connectivity index is 1.94. The maximum Gasteiger partial charge on any atom is 0.329 e. The largest absolute Gasteiger partial charge is 0.480 e. The van der Waals surface area contributed by atoms with Gasteiger partial charge in [0.05, 0.1) is 6.54 Å². The first-order valence-corrected chi connectivity index (χ1v) is 7.35. The van der Waals surface area contributed by atoms with Crippen LogP contribution in [0.1, 0.15) is 32.6 Å². The first-order chi connectivity index (χ1) is 10.0. The Bertz CT molecular complexity index is 504. The number of carbonyl (C=O) groups excluding carboxylic acids is 1. The molecule has 1 aromatic carbocycles. The number of carboxylic acid groups (broad SMARTS) is 1. The molecule has 1 amide bonds. The van der Waals surface area contributed by atoms with Crippen molar-refractivity contribution in [3.05, 3.63) is 30.3 Å². The average Bonchev–Trinajstić information content (AvgIpc) is 2.46. The van der Waals surface area contributed by atoms with Crippen LogP contribution in [0.3, 0.4) is 0 Å². The number of carboxylic acids is 1. The smallest absolute Gasteiger partial charge is 0.329 e. The van der Waals surface area contributed by atoms with Crippen molar-refractivity contribution in [2.75, 3.05) is 11.9 Å². The summed E-state index contributed by atoms with van der Waals surface area (Å²) >= 11 is 0. The molecule has 0 bridgehead atoms. The van der Waals surface area contributed by atoms with Crippen molar-refractivity contribution in [2.24, 2.45) is 5.92 Å². The maximum atomic E-state index is 12.1. The molecule has 1 aliphatic carbocycles. The van der Waals surface area contributed by atoms with Crippen LogP contribution in [0.25, 0.3) is 0 Å². The number of aliphatic carboxylic acids is 1. The monoisotopic (exact) mass is 290 g/mol. The van der Waals surface area contributed by atoms with Crippen LogP contribution in [-0.2, 0) is 9.59 Å². The molecular weight excluding hydrogens is 268 g/mol. The minimum atomic E-state index is -1.10. The number of anilines is 1. The molecular formula is C16H22N2O3. The molecule has 0 heterocycles. The van der Waals surface area contributed by atoms with E-state index in [4.69, 9.17) is 0 Å². The van der Waals surface area contributed by atoms with Crippen molar-refractivity contribution >= 4 is 17.6 Å². The molecule has 5 heteroatoms. The highest BCUT2D eigenvalue weighted by molar-refractivity contribution is 5.89. The van der Waals surface area contributed by atoms with Crippen molar-refractivity contribution in [1.29, 1.82) is 0 Å². The van der Waals surface area contributed by atoms with E-state index in [-0.39, 0.29) is 12.5 Å². The number of nitrogens with one attached hydrogen (secondary N) is 2. The first-order valence-electron chi connectivity index (χ1n) is 7.35. The lowest BCUT2D eigenvalue weighted by Crippen LogP contribution is -2.57. The fourth-order valence-electron chi connectivity index (χ4n) is 2.96. The second-order valence-corrected chi connectivity index (χ2v) is 5.86. The molecule has 0 radical (unpaired) electrons. The molecule has 0 spiro atoms. The predicted molar refractivity (Wildman–Crippen MR) is 81.1 cm³/mol. The van der Waals surface area contributed by atoms with E-state index in [1.54, 1.807) is 0 Å². The number of para-hydroxylation sites is 1. The van der Waals surface area contributed by atoms with Crippen molar-refractivity contribution in [1.82, 2.24) is 5.32 Å². The Morgan fingerprint density at radius 1 is 1.33 bits per heavy atom. The highest BCUT2D eigenvalue weighted by atomic mass is 16.4. The van der Waals surface area contributed by atoms with Gasteiger partial charge in [0, 0.05) is 5.69 Å². The van der Waals surface area contributed by atoms with Crippen LogP contribution in [0.15, 0.2) is 30.3 Å². The lowest BCUT2D eigenvalue weighted by Gasteiger charge is -2.37. The zero-order valence-corrected chi connectivity index (χ0v) is 12.3. The fraction of sp³-hybridized carbons (Fsp3) is 0.500.